The van der Waals surface area contributed by atoms with E-state index in [1.165, 1.54) is 40.5 Å². The highest BCUT2D eigenvalue weighted by Gasteiger charge is 2.15. The van der Waals surface area contributed by atoms with E-state index >= 15 is 0 Å². The number of hydrogen-bond acceptors (Lipinski definition) is 5. The first-order valence-corrected chi connectivity index (χ1v) is 8.11. The number of esters is 1. The molecule has 24 heavy (non-hydrogen) atoms. The molecule has 2 aromatic rings. The molecule has 0 aliphatic heterocycles. The molecule has 1 heterocycles. The third-order valence-electron chi connectivity index (χ3n) is 3.18. The maximum atomic E-state index is 12.0. The molecule has 2 rings (SSSR count). The molecule has 0 unspecified atom stereocenters. The largest absolute Gasteiger partial charge is 0.452 e. The lowest BCUT2D eigenvalue weighted by molar-refractivity contribution is -0.133. The second kappa shape index (κ2) is 7.94. The van der Waals surface area contributed by atoms with Crippen molar-refractivity contribution in [3.8, 4) is 0 Å². The Bertz CT molecular complexity index is 758. The van der Waals surface area contributed by atoms with Crippen molar-refractivity contribution < 1.29 is 19.1 Å². The summed E-state index contributed by atoms with van der Waals surface area (Å²) in [7, 11) is 1.62. The SMILES string of the molecule is CN(Cc1ccc(Cl)s1)C(=O)COC(=O)c1ccc(C(N)=O)cc1. The summed E-state index contributed by atoms with van der Waals surface area (Å²) >= 11 is 7.23. The Labute approximate surface area is 147 Å². The van der Waals surface area contributed by atoms with Crippen molar-refractivity contribution in [3.63, 3.8) is 0 Å². The quantitative estimate of drug-likeness (QED) is 0.794. The van der Waals surface area contributed by atoms with Crippen LogP contribution in [0.25, 0.3) is 0 Å². The van der Waals surface area contributed by atoms with Gasteiger partial charge < -0.3 is 15.4 Å². The highest BCUT2D eigenvalue weighted by molar-refractivity contribution is 7.16. The number of nitrogens with zero attached hydrogens (tertiary/aromatic N) is 1. The Morgan fingerprint density at radius 1 is 1.12 bits per heavy atom. The Morgan fingerprint density at radius 2 is 1.75 bits per heavy atom. The number of halogens is 1. The number of ether oxygens (including phenoxy) is 1. The number of likely N-dealkylation sites (N-methyl/N-ethyl adjacent to an activating group) is 1. The van der Waals surface area contributed by atoms with Gasteiger partial charge in [0.25, 0.3) is 5.91 Å². The molecular weight excluding hydrogens is 352 g/mol. The van der Waals surface area contributed by atoms with Crippen LogP contribution in [-0.2, 0) is 16.1 Å². The molecule has 0 atom stereocenters. The first-order valence-electron chi connectivity index (χ1n) is 6.92. The molecule has 2 amide bonds. The van der Waals surface area contributed by atoms with Crippen molar-refractivity contribution in [2.75, 3.05) is 13.7 Å². The van der Waals surface area contributed by atoms with Crippen LogP contribution in [0.3, 0.4) is 0 Å². The molecule has 0 spiro atoms. The number of primary amides is 1. The number of thiophene rings is 1. The number of hydrogen-bond donors (Lipinski definition) is 1. The maximum absolute atomic E-state index is 12.0. The average Bonchev–Trinajstić information content (AvgIpc) is 2.97. The third kappa shape index (κ3) is 4.81. The summed E-state index contributed by atoms with van der Waals surface area (Å²) in [6, 6.07) is 9.29. The summed E-state index contributed by atoms with van der Waals surface area (Å²) in [5.74, 6) is -1.56. The van der Waals surface area contributed by atoms with Gasteiger partial charge in [-0.2, -0.15) is 0 Å². The van der Waals surface area contributed by atoms with Crippen molar-refractivity contribution in [2.45, 2.75) is 6.54 Å². The zero-order chi connectivity index (χ0) is 17.7. The molecule has 0 radical (unpaired) electrons. The van der Waals surface area contributed by atoms with Gasteiger partial charge in [-0.3, -0.25) is 9.59 Å². The summed E-state index contributed by atoms with van der Waals surface area (Å²) < 4.78 is 5.63. The highest BCUT2D eigenvalue weighted by Crippen LogP contribution is 2.22. The fourth-order valence-corrected chi connectivity index (χ4v) is 2.99. The van der Waals surface area contributed by atoms with E-state index in [2.05, 4.69) is 0 Å². The van der Waals surface area contributed by atoms with Gasteiger partial charge in [0.05, 0.1) is 16.4 Å². The molecule has 0 fully saturated rings. The zero-order valence-corrected chi connectivity index (χ0v) is 14.4. The molecule has 1 aromatic carbocycles. The van der Waals surface area contributed by atoms with Crippen LogP contribution in [0.2, 0.25) is 4.34 Å². The predicted octanol–water partition coefficient (Wildman–Crippen LogP) is 2.32. The first kappa shape index (κ1) is 18.0. The lowest BCUT2D eigenvalue weighted by Crippen LogP contribution is -2.30. The van der Waals surface area contributed by atoms with Gasteiger partial charge in [0.15, 0.2) is 6.61 Å². The van der Waals surface area contributed by atoms with Crippen LogP contribution in [-0.4, -0.2) is 36.3 Å². The number of carbonyl (C=O) groups excluding carboxylic acids is 3. The normalized spacial score (nSPS) is 10.2. The Balaban J connectivity index is 1.86. The van der Waals surface area contributed by atoms with E-state index in [1.807, 2.05) is 6.07 Å². The maximum Gasteiger partial charge on any atom is 0.338 e. The van der Waals surface area contributed by atoms with Crippen LogP contribution in [0, 0.1) is 0 Å². The average molecular weight is 367 g/mol. The molecular formula is C16H15ClN2O4S. The molecule has 6 nitrogen and oxygen atoms in total. The molecule has 8 heteroatoms. The summed E-state index contributed by atoms with van der Waals surface area (Å²) in [4.78, 5) is 37.2. The van der Waals surface area contributed by atoms with Gasteiger partial charge >= 0.3 is 5.97 Å². The first-order chi connectivity index (χ1) is 11.4. The summed E-state index contributed by atoms with van der Waals surface area (Å²) in [5.41, 5.74) is 5.65. The highest BCUT2D eigenvalue weighted by atomic mass is 35.5. The molecule has 0 saturated heterocycles. The molecule has 0 saturated carbocycles. The van der Waals surface area contributed by atoms with Crippen molar-refractivity contribution in [1.29, 1.82) is 0 Å². The molecule has 1 aromatic heterocycles. The van der Waals surface area contributed by atoms with Crippen molar-refractivity contribution in [1.82, 2.24) is 4.90 Å². The summed E-state index contributed by atoms with van der Waals surface area (Å²) in [6.07, 6.45) is 0. The molecule has 2 N–H and O–H groups in total. The molecule has 126 valence electrons. The van der Waals surface area contributed by atoms with E-state index in [-0.39, 0.29) is 23.6 Å². The second-order valence-electron chi connectivity index (χ2n) is 4.97. The lowest BCUT2D eigenvalue weighted by atomic mass is 10.1. The van der Waals surface area contributed by atoms with Gasteiger partial charge in [0, 0.05) is 17.5 Å². The van der Waals surface area contributed by atoms with Crippen LogP contribution in [0.15, 0.2) is 36.4 Å². The number of nitrogens with two attached hydrogens (primary N) is 1. The van der Waals surface area contributed by atoms with Gasteiger partial charge in [-0.25, -0.2) is 4.79 Å². The van der Waals surface area contributed by atoms with Crippen molar-refractivity contribution >= 4 is 40.7 Å². The topological polar surface area (TPSA) is 89.7 Å². The Morgan fingerprint density at radius 3 is 2.29 bits per heavy atom. The van der Waals surface area contributed by atoms with Gasteiger partial charge in [-0.1, -0.05) is 11.6 Å². The van der Waals surface area contributed by atoms with E-state index < -0.39 is 11.9 Å². The standard InChI is InChI=1S/C16H15ClN2O4S/c1-19(8-12-6-7-13(17)24-12)14(20)9-23-16(22)11-4-2-10(3-5-11)15(18)21/h2-7H,8-9H2,1H3,(H2,18,21). The lowest BCUT2D eigenvalue weighted by Gasteiger charge is -2.16. The zero-order valence-electron chi connectivity index (χ0n) is 12.8. The van der Waals surface area contributed by atoms with Crippen molar-refractivity contribution in [3.05, 3.63) is 56.7 Å². The minimum atomic E-state index is -0.646. The van der Waals surface area contributed by atoms with Gasteiger partial charge in [-0.15, -0.1) is 11.3 Å². The number of benzene rings is 1. The third-order valence-corrected chi connectivity index (χ3v) is 4.40. The Kier molecular flexibility index (Phi) is 5.94. The molecule has 0 aliphatic carbocycles. The molecule has 0 aliphatic rings. The van der Waals surface area contributed by atoms with Crippen molar-refractivity contribution in [2.24, 2.45) is 5.73 Å². The van der Waals surface area contributed by atoms with Gasteiger partial charge in [0.1, 0.15) is 0 Å². The van der Waals surface area contributed by atoms with Crippen LogP contribution in [0.5, 0.6) is 0 Å². The van der Waals surface area contributed by atoms with Crippen LogP contribution in [0.4, 0.5) is 0 Å². The Hall–Kier alpha value is -2.38. The van der Waals surface area contributed by atoms with E-state index in [1.54, 1.807) is 13.1 Å². The fourth-order valence-electron chi connectivity index (χ4n) is 1.85. The predicted molar refractivity (Wildman–Crippen MR) is 91.0 cm³/mol. The van der Waals surface area contributed by atoms with Gasteiger partial charge in [0.2, 0.25) is 5.91 Å². The second-order valence-corrected chi connectivity index (χ2v) is 6.77. The smallest absolute Gasteiger partial charge is 0.338 e. The van der Waals surface area contributed by atoms with E-state index in [4.69, 9.17) is 22.1 Å². The minimum absolute atomic E-state index is 0.237. The van der Waals surface area contributed by atoms with Gasteiger partial charge in [-0.05, 0) is 36.4 Å². The minimum Gasteiger partial charge on any atom is -0.452 e. The molecule has 0 bridgehead atoms. The monoisotopic (exact) mass is 366 g/mol. The summed E-state index contributed by atoms with van der Waals surface area (Å²) in [6.45, 7) is 0.0209. The number of rotatable bonds is 6. The number of carbonyl (C=O) groups is 3. The number of amides is 2. The van der Waals surface area contributed by atoms with Crippen LogP contribution in [0.1, 0.15) is 25.6 Å². The fraction of sp³-hybridized carbons (Fsp3) is 0.188. The van der Waals surface area contributed by atoms with E-state index in [0.29, 0.717) is 10.9 Å². The summed E-state index contributed by atoms with van der Waals surface area (Å²) in [5, 5.41) is 0. The van der Waals surface area contributed by atoms with E-state index in [0.717, 1.165) is 4.88 Å². The van der Waals surface area contributed by atoms with E-state index in [9.17, 15) is 14.4 Å². The van der Waals surface area contributed by atoms with Crippen LogP contribution >= 0.6 is 22.9 Å². The van der Waals surface area contributed by atoms with Crippen LogP contribution < -0.4 is 5.73 Å².